The molecule has 4 aromatic rings. The monoisotopic (exact) mass is 469 g/mol. The number of rotatable bonds is 5. The van der Waals surface area contributed by atoms with Crippen LogP contribution in [0.2, 0.25) is 0 Å². The van der Waals surface area contributed by atoms with Crippen molar-refractivity contribution in [1.29, 1.82) is 0 Å². The molecule has 0 radical (unpaired) electrons. The third kappa shape index (κ3) is 4.06. The molecule has 0 fully saturated rings. The number of nitrogens with zero attached hydrogens (tertiary/aromatic N) is 3. The average Bonchev–Trinajstić information content (AvgIpc) is 3.39. The van der Waals surface area contributed by atoms with Crippen LogP contribution in [0.4, 0.5) is 0 Å². The standard InChI is InChI=1S/C23H23N3O4S2/c1-15-7-12-20-21(16(15)2)26(4)23(31-20)24-22(27)17-8-10-19(11-9-17)32(28,29)25(3)14-18-6-5-13-30-18/h5-13H,14H2,1-4H3. The van der Waals surface area contributed by atoms with E-state index in [4.69, 9.17) is 4.42 Å². The smallest absolute Gasteiger partial charge is 0.279 e. The summed E-state index contributed by atoms with van der Waals surface area (Å²) < 4.78 is 35.0. The highest BCUT2D eigenvalue weighted by molar-refractivity contribution is 7.89. The average molecular weight is 470 g/mol. The minimum atomic E-state index is -3.72. The first-order valence-electron chi connectivity index (χ1n) is 9.92. The Morgan fingerprint density at radius 1 is 1.12 bits per heavy atom. The van der Waals surface area contributed by atoms with Crippen molar-refractivity contribution in [3.05, 3.63) is 82.0 Å². The molecule has 0 saturated carbocycles. The molecule has 9 heteroatoms. The summed E-state index contributed by atoms with van der Waals surface area (Å²) in [5, 5.41) is 0. The molecule has 0 unspecified atom stereocenters. The summed E-state index contributed by atoms with van der Waals surface area (Å²) in [6.07, 6.45) is 1.50. The lowest BCUT2D eigenvalue weighted by atomic mass is 10.1. The summed E-state index contributed by atoms with van der Waals surface area (Å²) >= 11 is 1.45. The molecule has 2 heterocycles. The van der Waals surface area contributed by atoms with Crippen molar-refractivity contribution in [1.82, 2.24) is 8.87 Å². The van der Waals surface area contributed by atoms with Crippen LogP contribution in [-0.2, 0) is 23.6 Å². The van der Waals surface area contributed by atoms with Crippen LogP contribution in [0.25, 0.3) is 10.2 Å². The molecular weight excluding hydrogens is 446 g/mol. The Bertz CT molecular complexity index is 1460. The van der Waals surface area contributed by atoms with Crippen LogP contribution in [0.1, 0.15) is 27.2 Å². The van der Waals surface area contributed by atoms with E-state index in [-0.39, 0.29) is 11.4 Å². The van der Waals surface area contributed by atoms with Gasteiger partial charge in [-0.3, -0.25) is 4.79 Å². The van der Waals surface area contributed by atoms with E-state index in [1.165, 1.54) is 58.8 Å². The highest BCUT2D eigenvalue weighted by Crippen LogP contribution is 2.23. The topological polar surface area (TPSA) is 84.9 Å². The van der Waals surface area contributed by atoms with Gasteiger partial charge in [0.05, 0.1) is 27.9 Å². The van der Waals surface area contributed by atoms with Gasteiger partial charge in [-0.2, -0.15) is 9.30 Å². The van der Waals surface area contributed by atoms with Crippen molar-refractivity contribution >= 4 is 37.5 Å². The number of hydrogen-bond donors (Lipinski definition) is 0. The van der Waals surface area contributed by atoms with Gasteiger partial charge in [-0.05, 0) is 67.4 Å². The maximum atomic E-state index is 12.8. The van der Waals surface area contributed by atoms with Crippen molar-refractivity contribution in [2.24, 2.45) is 12.0 Å². The van der Waals surface area contributed by atoms with Crippen molar-refractivity contribution in [3.63, 3.8) is 0 Å². The number of amides is 1. The van der Waals surface area contributed by atoms with E-state index in [0.717, 1.165) is 15.8 Å². The van der Waals surface area contributed by atoms with Gasteiger partial charge in [0.2, 0.25) is 10.0 Å². The second-order valence-electron chi connectivity index (χ2n) is 7.58. The van der Waals surface area contributed by atoms with Gasteiger partial charge in [0.1, 0.15) is 5.76 Å². The zero-order chi connectivity index (χ0) is 23.0. The predicted octanol–water partition coefficient (Wildman–Crippen LogP) is 4.01. The maximum Gasteiger partial charge on any atom is 0.279 e. The molecule has 0 aliphatic heterocycles. The largest absolute Gasteiger partial charge is 0.468 e. The van der Waals surface area contributed by atoms with Gasteiger partial charge in [-0.15, -0.1) is 0 Å². The fourth-order valence-corrected chi connectivity index (χ4v) is 5.66. The van der Waals surface area contributed by atoms with Gasteiger partial charge >= 0.3 is 0 Å². The first kappa shape index (κ1) is 22.2. The lowest BCUT2D eigenvalue weighted by Gasteiger charge is -2.16. The predicted molar refractivity (Wildman–Crippen MR) is 124 cm³/mol. The molecule has 0 atom stereocenters. The third-order valence-corrected chi connectivity index (χ3v) is 8.37. The minimum absolute atomic E-state index is 0.0987. The van der Waals surface area contributed by atoms with Crippen molar-refractivity contribution in [2.75, 3.05) is 7.05 Å². The Balaban J connectivity index is 1.61. The highest BCUT2D eigenvalue weighted by atomic mass is 32.2. The van der Waals surface area contributed by atoms with E-state index in [1.54, 1.807) is 12.1 Å². The lowest BCUT2D eigenvalue weighted by molar-refractivity contribution is 0.0998. The van der Waals surface area contributed by atoms with Crippen LogP contribution in [-0.4, -0.2) is 30.2 Å². The molecule has 32 heavy (non-hydrogen) atoms. The lowest BCUT2D eigenvalue weighted by Crippen LogP contribution is -2.26. The highest BCUT2D eigenvalue weighted by Gasteiger charge is 2.22. The molecule has 1 amide bonds. The molecule has 0 aliphatic rings. The van der Waals surface area contributed by atoms with Crippen LogP contribution in [0, 0.1) is 13.8 Å². The van der Waals surface area contributed by atoms with E-state index in [0.29, 0.717) is 16.1 Å². The Hall–Kier alpha value is -3.01. The van der Waals surface area contributed by atoms with Crippen molar-refractivity contribution in [3.8, 4) is 0 Å². The Labute approximate surface area is 190 Å². The fraction of sp³-hybridized carbons (Fsp3) is 0.217. The zero-order valence-electron chi connectivity index (χ0n) is 18.2. The number of hydrogen-bond acceptors (Lipinski definition) is 5. The summed E-state index contributed by atoms with van der Waals surface area (Å²) in [6.45, 7) is 4.22. The number of thiazole rings is 1. The van der Waals surface area contributed by atoms with Gasteiger partial charge in [-0.25, -0.2) is 8.42 Å². The molecule has 4 rings (SSSR count). The molecule has 0 bridgehead atoms. The molecule has 0 spiro atoms. The van der Waals surface area contributed by atoms with Crippen LogP contribution in [0.5, 0.6) is 0 Å². The number of aryl methyl sites for hydroxylation is 3. The molecule has 2 aromatic heterocycles. The van der Waals surface area contributed by atoms with Gasteiger partial charge in [0.15, 0.2) is 4.80 Å². The van der Waals surface area contributed by atoms with Crippen LogP contribution < -0.4 is 4.80 Å². The zero-order valence-corrected chi connectivity index (χ0v) is 19.8. The number of benzene rings is 2. The summed E-state index contributed by atoms with van der Waals surface area (Å²) in [5.74, 6) is 0.123. The molecule has 0 aliphatic carbocycles. The Morgan fingerprint density at radius 3 is 2.50 bits per heavy atom. The van der Waals surface area contributed by atoms with Crippen LogP contribution in [0.3, 0.4) is 0 Å². The number of carbonyl (C=O) groups is 1. The minimum Gasteiger partial charge on any atom is -0.468 e. The van der Waals surface area contributed by atoms with Gasteiger partial charge in [-0.1, -0.05) is 17.4 Å². The molecule has 0 N–H and O–H groups in total. The molecule has 7 nitrogen and oxygen atoms in total. The SMILES string of the molecule is Cc1ccc2sc(=NC(=O)c3ccc(S(=O)(=O)N(C)Cc4ccco4)cc3)n(C)c2c1C. The second-order valence-corrected chi connectivity index (χ2v) is 10.6. The molecule has 0 saturated heterocycles. The summed E-state index contributed by atoms with van der Waals surface area (Å²) in [5.41, 5.74) is 3.71. The number of sulfonamides is 1. The maximum absolute atomic E-state index is 12.8. The van der Waals surface area contributed by atoms with E-state index < -0.39 is 15.9 Å². The fourth-order valence-electron chi connectivity index (χ4n) is 3.44. The van der Waals surface area contributed by atoms with Gasteiger partial charge in [0.25, 0.3) is 5.91 Å². The van der Waals surface area contributed by atoms with E-state index >= 15 is 0 Å². The first-order valence-corrected chi connectivity index (χ1v) is 12.2. The molecular formula is C23H23N3O4S2. The van der Waals surface area contributed by atoms with Gasteiger partial charge < -0.3 is 8.98 Å². The molecule has 166 valence electrons. The summed E-state index contributed by atoms with van der Waals surface area (Å²) in [6, 6.07) is 13.3. The normalized spacial score (nSPS) is 12.7. The van der Waals surface area contributed by atoms with Crippen LogP contribution in [0.15, 0.2) is 69.1 Å². The quantitative estimate of drug-likeness (QED) is 0.442. The third-order valence-electron chi connectivity index (χ3n) is 5.45. The number of aromatic nitrogens is 1. The van der Waals surface area contributed by atoms with E-state index in [2.05, 4.69) is 24.9 Å². The van der Waals surface area contributed by atoms with E-state index in [9.17, 15) is 13.2 Å². The number of fused-ring (bicyclic) bond motifs is 1. The van der Waals surface area contributed by atoms with Crippen LogP contribution >= 0.6 is 11.3 Å². The second kappa shape index (κ2) is 8.50. The number of furan rings is 1. The van der Waals surface area contributed by atoms with Gasteiger partial charge in [0, 0.05) is 19.7 Å². The molecule has 2 aromatic carbocycles. The number of carbonyl (C=O) groups excluding carboxylic acids is 1. The van der Waals surface area contributed by atoms with Crippen molar-refractivity contribution in [2.45, 2.75) is 25.3 Å². The summed E-state index contributed by atoms with van der Waals surface area (Å²) in [4.78, 5) is 17.7. The summed E-state index contributed by atoms with van der Waals surface area (Å²) in [7, 11) is -0.346. The first-order chi connectivity index (χ1) is 15.2. The Kier molecular flexibility index (Phi) is 5.89. The van der Waals surface area contributed by atoms with Crippen molar-refractivity contribution < 1.29 is 17.6 Å². The van der Waals surface area contributed by atoms with E-state index in [1.807, 2.05) is 17.7 Å². The Morgan fingerprint density at radius 2 is 1.84 bits per heavy atom.